The topological polar surface area (TPSA) is 222 Å². The molecule has 4 unspecified atom stereocenters. The summed E-state index contributed by atoms with van der Waals surface area (Å²) in [6.45, 7) is 3.48. The Hall–Kier alpha value is -3.22. The average Bonchev–Trinajstić information content (AvgIpc) is 3.21. The lowest BCUT2D eigenvalue weighted by Gasteiger charge is -2.30. The van der Waals surface area contributed by atoms with Crippen LogP contribution in [0.1, 0.15) is 52.4 Å². The molecule has 1 saturated heterocycles. The van der Waals surface area contributed by atoms with Gasteiger partial charge in [0, 0.05) is 19.4 Å². The number of aliphatic carboxylic acids is 2. The Labute approximate surface area is 191 Å². The molecule has 13 heteroatoms. The van der Waals surface area contributed by atoms with Gasteiger partial charge in [0.25, 0.3) is 0 Å². The third-order valence-electron chi connectivity index (χ3n) is 5.37. The van der Waals surface area contributed by atoms with Gasteiger partial charge in [-0.05, 0) is 31.6 Å². The molecular weight excluding hydrogens is 438 g/mol. The van der Waals surface area contributed by atoms with E-state index in [-0.39, 0.29) is 38.1 Å². The molecule has 0 aromatic rings. The molecule has 1 aliphatic rings. The fourth-order valence-corrected chi connectivity index (χ4v) is 3.50. The van der Waals surface area contributed by atoms with E-state index in [4.69, 9.17) is 16.6 Å². The summed E-state index contributed by atoms with van der Waals surface area (Å²) in [5, 5.41) is 22.9. The van der Waals surface area contributed by atoms with Gasteiger partial charge in [0.05, 0.1) is 6.04 Å². The molecule has 33 heavy (non-hydrogen) atoms. The smallest absolute Gasteiger partial charge is 0.326 e. The standard InChI is InChI=1S/C20H33N5O8/c1-10(2)16(20(32)33)24-18(30)13-4-3-9-25(13)19(31)12(6-7-14(22)26)23-17(29)11(21)5-8-15(27)28/h10-13,16H,3-9,21H2,1-2H3,(H2,22,26)(H,23,29)(H,24,30)(H,27,28)(H,32,33). The van der Waals surface area contributed by atoms with Gasteiger partial charge in [-0.1, -0.05) is 13.8 Å². The highest BCUT2D eigenvalue weighted by Gasteiger charge is 2.39. The molecule has 8 N–H and O–H groups in total. The number of carboxylic acids is 2. The monoisotopic (exact) mass is 471 g/mol. The van der Waals surface area contributed by atoms with Crippen LogP contribution >= 0.6 is 0 Å². The molecule has 13 nitrogen and oxygen atoms in total. The van der Waals surface area contributed by atoms with Crippen LogP contribution in [0.5, 0.6) is 0 Å². The van der Waals surface area contributed by atoms with Gasteiger partial charge >= 0.3 is 11.9 Å². The third kappa shape index (κ3) is 8.67. The van der Waals surface area contributed by atoms with Gasteiger partial charge in [0.1, 0.15) is 18.1 Å². The largest absolute Gasteiger partial charge is 0.481 e. The Bertz CT molecular complexity index is 772. The van der Waals surface area contributed by atoms with E-state index in [0.717, 1.165) is 0 Å². The zero-order valence-corrected chi connectivity index (χ0v) is 18.8. The van der Waals surface area contributed by atoms with Crippen molar-refractivity contribution >= 4 is 35.6 Å². The number of likely N-dealkylation sites (tertiary alicyclic amines) is 1. The average molecular weight is 472 g/mol. The first kappa shape index (κ1) is 27.8. The van der Waals surface area contributed by atoms with Crippen LogP contribution in [-0.4, -0.2) is 81.4 Å². The van der Waals surface area contributed by atoms with E-state index in [9.17, 15) is 33.9 Å². The molecule has 0 radical (unpaired) electrons. The minimum absolute atomic E-state index is 0.139. The van der Waals surface area contributed by atoms with Gasteiger partial charge in [-0.15, -0.1) is 0 Å². The minimum Gasteiger partial charge on any atom is -0.481 e. The highest BCUT2D eigenvalue weighted by molar-refractivity contribution is 5.94. The summed E-state index contributed by atoms with van der Waals surface area (Å²) in [6.07, 6.45) is -0.0727. The molecule has 1 heterocycles. The Balaban J connectivity index is 2.96. The van der Waals surface area contributed by atoms with E-state index in [2.05, 4.69) is 10.6 Å². The van der Waals surface area contributed by atoms with Crippen LogP contribution in [0, 0.1) is 5.92 Å². The molecule has 1 fully saturated rings. The molecule has 0 saturated carbocycles. The van der Waals surface area contributed by atoms with E-state index in [0.29, 0.717) is 12.8 Å². The second-order valence-electron chi connectivity index (χ2n) is 8.36. The van der Waals surface area contributed by atoms with Gasteiger partial charge in [0.15, 0.2) is 0 Å². The van der Waals surface area contributed by atoms with E-state index < -0.39 is 59.7 Å². The maximum Gasteiger partial charge on any atom is 0.326 e. The molecule has 0 aromatic carbocycles. The van der Waals surface area contributed by atoms with Gasteiger partial charge in [-0.2, -0.15) is 0 Å². The summed E-state index contributed by atoms with van der Waals surface area (Å²) in [5.74, 6) is -5.45. The second-order valence-corrected chi connectivity index (χ2v) is 8.36. The minimum atomic E-state index is -1.21. The van der Waals surface area contributed by atoms with Crippen LogP contribution in [-0.2, 0) is 28.8 Å². The highest BCUT2D eigenvalue weighted by Crippen LogP contribution is 2.20. The van der Waals surface area contributed by atoms with Gasteiger partial charge in [0.2, 0.25) is 23.6 Å². The van der Waals surface area contributed by atoms with Crippen LogP contribution in [0.4, 0.5) is 0 Å². The van der Waals surface area contributed by atoms with Gasteiger partial charge < -0.3 is 37.2 Å². The summed E-state index contributed by atoms with van der Waals surface area (Å²) < 4.78 is 0. The van der Waals surface area contributed by atoms with Crippen LogP contribution in [0.2, 0.25) is 0 Å². The van der Waals surface area contributed by atoms with Crippen molar-refractivity contribution in [2.45, 2.75) is 76.5 Å². The van der Waals surface area contributed by atoms with Crippen LogP contribution in [0.15, 0.2) is 0 Å². The maximum absolute atomic E-state index is 13.2. The van der Waals surface area contributed by atoms with Crippen molar-refractivity contribution < 1.29 is 39.0 Å². The third-order valence-corrected chi connectivity index (χ3v) is 5.37. The van der Waals surface area contributed by atoms with Crippen LogP contribution < -0.4 is 22.1 Å². The van der Waals surface area contributed by atoms with Gasteiger partial charge in [-0.25, -0.2) is 4.79 Å². The molecule has 0 spiro atoms. The molecule has 186 valence electrons. The SMILES string of the molecule is CC(C)C(NC(=O)C1CCCN1C(=O)C(CCC(N)=O)NC(=O)C(N)CCC(=O)O)C(=O)O. The summed E-state index contributed by atoms with van der Waals surface area (Å²) in [7, 11) is 0. The number of nitrogens with two attached hydrogens (primary N) is 2. The number of carbonyl (C=O) groups excluding carboxylic acids is 4. The number of rotatable bonds is 13. The van der Waals surface area contributed by atoms with Crippen LogP contribution in [0.3, 0.4) is 0 Å². The number of carbonyl (C=O) groups is 6. The number of nitrogens with zero attached hydrogens (tertiary/aromatic N) is 1. The predicted octanol–water partition coefficient (Wildman–Crippen LogP) is -1.85. The predicted molar refractivity (Wildman–Crippen MR) is 114 cm³/mol. The Morgan fingerprint density at radius 2 is 1.67 bits per heavy atom. The second kappa shape index (κ2) is 12.7. The van der Waals surface area contributed by atoms with Crippen molar-refractivity contribution in [3.05, 3.63) is 0 Å². The maximum atomic E-state index is 13.2. The first-order chi connectivity index (χ1) is 15.3. The zero-order chi connectivity index (χ0) is 25.3. The fourth-order valence-electron chi connectivity index (χ4n) is 3.50. The van der Waals surface area contributed by atoms with Crippen molar-refractivity contribution in [1.29, 1.82) is 0 Å². The number of hydrogen-bond donors (Lipinski definition) is 6. The number of amides is 4. The van der Waals surface area contributed by atoms with Crippen molar-refractivity contribution in [2.75, 3.05) is 6.54 Å². The lowest BCUT2D eigenvalue weighted by molar-refractivity contribution is -0.146. The first-order valence-electron chi connectivity index (χ1n) is 10.7. The van der Waals surface area contributed by atoms with E-state index >= 15 is 0 Å². The molecule has 4 atom stereocenters. The summed E-state index contributed by atoms with van der Waals surface area (Å²) in [5.41, 5.74) is 10.9. The molecule has 1 aliphatic heterocycles. The molecule has 0 bridgehead atoms. The van der Waals surface area contributed by atoms with Gasteiger partial charge in [-0.3, -0.25) is 24.0 Å². The summed E-state index contributed by atoms with van der Waals surface area (Å²) >= 11 is 0. The molecule has 0 aliphatic carbocycles. The molecule has 0 aromatic heterocycles. The number of primary amides is 1. The molecular formula is C20H33N5O8. The highest BCUT2D eigenvalue weighted by atomic mass is 16.4. The molecule has 4 amide bonds. The van der Waals surface area contributed by atoms with Crippen LogP contribution in [0.25, 0.3) is 0 Å². The van der Waals surface area contributed by atoms with Crippen molar-refractivity contribution in [2.24, 2.45) is 17.4 Å². The Kier molecular flexibility index (Phi) is 10.7. The Morgan fingerprint density at radius 3 is 2.18 bits per heavy atom. The van der Waals surface area contributed by atoms with Crippen molar-refractivity contribution in [3.63, 3.8) is 0 Å². The zero-order valence-electron chi connectivity index (χ0n) is 18.8. The normalized spacial score (nSPS) is 18.3. The molecule has 1 rings (SSSR count). The lowest BCUT2D eigenvalue weighted by atomic mass is 10.0. The fraction of sp³-hybridized carbons (Fsp3) is 0.700. The number of carboxylic acid groups (broad SMARTS) is 2. The number of hydrogen-bond acceptors (Lipinski definition) is 7. The summed E-state index contributed by atoms with van der Waals surface area (Å²) in [6, 6.07) is -4.47. The number of nitrogens with one attached hydrogen (secondary N) is 2. The summed E-state index contributed by atoms with van der Waals surface area (Å²) in [4.78, 5) is 72.9. The van der Waals surface area contributed by atoms with E-state index in [1.807, 2.05) is 0 Å². The lowest BCUT2D eigenvalue weighted by Crippen LogP contribution is -2.57. The van der Waals surface area contributed by atoms with E-state index in [1.165, 1.54) is 4.90 Å². The first-order valence-corrected chi connectivity index (χ1v) is 10.7. The van der Waals surface area contributed by atoms with Crippen molar-refractivity contribution in [3.8, 4) is 0 Å². The Morgan fingerprint density at radius 1 is 1.03 bits per heavy atom. The quantitative estimate of drug-likeness (QED) is 0.177. The van der Waals surface area contributed by atoms with Crippen molar-refractivity contribution in [1.82, 2.24) is 15.5 Å². The van der Waals surface area contributed by atoms with E-state index in [1.54, 1.807) is 13.8 Å².